The fourth-order valence-electron chi connectivity index (χ4n) is 0.636. The van der Waals surface area contributed by atoms with E-state index in [9.17, 15) is 0 Å². The first kappa shape index (κ1) is 8.81. The average molecular weight is 146 g/mol. The van der Waals surface area contributed by atoms with Gasteiger partial charge in [0.05, 0.1) is 0 Å². The van der Waals surface area contributed by atoms with Gasteiger partial charge in [-0.1, -0.05) is 0 Å². The van der Waals surface area contributed by atoms with Crippen LogP contribution in [-0.4, -0.2) is 12.6 Å². The van der Waals surface area contributed by atoms with Crippen molar-refractivity contribution in [1.29, 1.82) is 0 Å². The van der Waals surface area contributed by atoms with Crippen molar-refractivity contribution in [2.45, 2.75) is 25.3 Å². The number of hydrogen-bond donors (Lipinski definition) is 1. The summed E-state index contributed by atoms with van der Waals surface area (Å²) in [4.78, 5) is 0. The standard InChI is InChI=1S/C7H11N.ClH/c1-2-3-6-8-7-4-5-7;/h1,7-8H,3-6H2;1H. The Balaban J connectivity index is 0.000000640. The molecule has 1 fully saturated rings. The van der Waals surface area contributed by atoms with E-state index in [0.717, 1.165) is 19.0 Å². The first-order chi connectivity index (χ1) is 3.93. The van der Waals surface area contributed by atoms with Crippen molar-refractivity contribution in [3.05, 3.63) is 0 Å². The van der Waals surface area contributed by atoms with Gasteiger partial charge >= 0.3 is 0 Å². The Hall–Kier alpha value is -0.190. The fourth-order valence-corrected chi connectivity index (χ4v) is 0.636. The summed E-state index contributed by atoms with van der Waals surface area (Å²) in [6.45, 7) is 1.00. The summed E-state index contributed by atoms with van der Waals surface area (Å²) in [5.41, 5.74) is 0. The van der Waals surface area contributed by atoms with Crippen LogP contribution in [0.25, 0.3) is 0 Å². The van der Waals surface area contributed by atoms with Crippen molar-refractivity contribution in [2.75, 3.05) is 6.54 Å². The van der Waals surface area contributed by atoms with Crippen LogP contribution in [0.15, 0.2) is 0 Å². The quantitative estimate of drug-likeness (QED) is 0.465. The summed E-state index contributed by atoms with van der Waals surface area (Å²) in [7, 11) is 0. The van der Waals surface area contributed by atoms with Crippen LogP contribution in [0.5, 0.6) is 0 Å². The van der Waals surface area contributed by atoms with Crippen LogP contribution in [0, 0.1) is 12.3 Å². The maximum absolute atomic E-state index is 5.05. The van der Waals surface area contributed by atoms with Gasteiger partial charge in [0.15, 0.2) is 0 Å². The summed E-state index contributed by atoms with van der Waals surface area (Å²) in [5.74, 6) is 2.59. The molecule has 52 valence electrons. The highest BCUT2D eigenvalue weighted by molar-refractivity contribution is 5.85. The number of halogens is 1. The largest absolute Gasteiger partial charge is 0.313 e. The van der Waals surface area contributed by atoms with Gasteiger partial charge in [0.2, 0.25) is 0 Å². The molecule has 1 aliphatic rings. The summed E-state index contributed by atoms with van der Waals surface area (Å²) in [6, 6.07) is 0.809. The summed E-state index contributed by atoms with van der Waals surface area (Å²) in [5, 5.41) is 3.32. The number of rotatable bonds is 3. The van der Waals surface area contributed by atoms with E-state index < -0.39 is 0 Å². The van der Waals surface area contributed by atoms with Crippen LogP contribution in [0.2, 0.25) is 0 Å². The Morgan fingerprint density at radius 2 is 2.22 bits per heavy atom. The molecule has 0 heterocycles. The third-order valence-corrected chi connectivity index (χ3v) is 1.28. The third-order valence-electron chi connectivity index (χ3n) is 1.28. The summed E-state index contributed by atoms with van der Waals surface area (Å²) >= 11 is 0. The average Bonchev–Trinajstić information content (AvgIpc) is 2.51. The number of nitrogens with one attached hydrogen (secondary N) is 1. The van der Waals surface area contributed by atoms with Gasteiger partial charge in [-0.2, -0.15) is 0 Å². The van der Waals surface area contributed by atoms with Crippen LogP contribution in [0.4, 0.5) is 0 Å². The van der Waals surface area contributed by atoms with E-state index in [1.54, 1.807) is 0 Å². The van der Waals surface area contributed by atoms with E-state index in [2.05, 4.69) is 11.2 Å². The van der Waals surface area contributed by atoms with Crippen molar-refractivity contribution in [3.8, 4) is 12.3 Å². The lowest BCUT2D eigenvalue weighted by atomic mass is 10.4. The van der Waals surface area contributed by atoms with Crippen molar-refractivity contribution < 1.29 is 0 Å². The van der Waals surface area contributed by atoms with Gasteiger partial charge in [0.25, 0.3) is 0 Å². The molecule has 0 atom stereocenters. The van der Waals surface area contributed by atoms with Gasteiger partial charge in [0, 0.05) is 19.0 Å². The molecular formula is C7H12ClN. The van der Waals surface area contributed by atoms with Crippen LogP contribution in [-0.2, 0) is 0 Å². The van der Waals surface area contributed by atoms with E-state index in [-0.39, 0.29) is 12.4 Å². The van der Waals surface area contributed by atoms with Gasteiger partial charge in [0.1, 0.15) is 0 Å². The van der Waals surface area contributed by atoms with Crippen molar-refractivity contribution >= 4 is 12.4 Å². The molecule has 1 saturated carbocycles. The Kier molecular flexibility index (Phi) is 4.57. The molecular weight excluding hydrogens is 134 g/mol. The number of hydrogen-bond acceptors (Lipinski definition) is 1. The lowest BCUT2D eigenvalue weighted by molar-refractivity contribution is 0.696. The zero-order valence-electron chi connectivity index (χ0n) is 5.39. The Bertz CT molecular complexity index is 102. The molecule has 0 amide bonds. The Morgan fingerprint density at radius 1 is 1.56 bits per heavy atom. The first-order valence-electron chi connectivity index (χ1n) is 3.10. The first-order valence-corrected chi connectivity index (χ1v) is 3.10. The fraction of sp³-hybridized carbons (Fsp3) is 0.714. The second-order valence-corrected chi connectivity index (χ2v) is 2.18. The molecule has 0 radical (unpaired) electrons. The molecule has 1 nitrogen and oxygen atoms in total. The molecule has 0 unspecified atom stereocenters. The van der Waals surface area contributed by atoms with E-state index in [1.807, 2.05) is 0 Å². The molecule has 1 rings (SSSR count). The van der Waals surface area contributed by atoms with Crippen molar-refractivity contribution in [3.63, 3.8) is 0 Å². The predicted octanol–water partition coefficient (Wildman–Crippen LogP) is 1.18. The third kappa shape index (κ3) is 4.32. The van der Waals surface area contributed by atoms with Gasteiger partial charge in [-0.25, -0.2) is 0 Å². The Labute approximate surface area is 62.6 Å². The smallest absolute Gasteiger partial charge is 0.0211 e. The van der Waals surface area contributed by atoms with E-state index in [1.165, 1.54) is 12.8 Å². The highest BCUT2D eigenvalue weighted by Gasteiger charge is 2.19. The van der Waals surface area contributed by atoms with Crippen molar-refractivity contribution in [2.24, 2.45) is 0 Å². The second-order valence-electron chi connectivity index (χ2n) is 2.18. The van der Waals surface area contributed by atoms with Crippen LogP contribution in [0.3, 0.4) is 0 Å². The lowest BCUT2D eigenvalue weighted by Crippen LogP contribution is -2.16. The molecule has 0 spiro atoms. The van der Waals surface area contributed by atoms with Crippen LogP contribution >= 0.6 is 12.4 Å². The minimum absolute atomic E-state index is 0. The highest BCUT2D eigenvalue weighted by Crippen LogP contribution is 2.17. The predicted molar refractivity (Wildman–Crippen MR) is 41.7 cm³/mol. The molecule has 0 bridgehead atoms. The normalized spacial score (nSPS) is 15.9. The molecule has 2 heteroatoms. The van der Waals surface area contributed by atoms with Gasteiger partial charge in [-0.15, -0.1) is 24.8 Å². The molecule has 1 N–H and O–H groups in total. The summed E-state index contributed by atoms with van der Waals surface area (Å²) in [6.07, 6.45) is 8.62. The molecule has 0 aliphatic heterocycles. The minimum Gasteiger partial charge on any atom is -0.313 e. The monoisotopic (exact) mass is 145 g/mol. The Morgan fingerprint density at radius 3 is 2.67 bits per heavy atom. The molecule has 1 aliphatic carbocycles. The lowest BCUT2D eigenvalue weighted by Gasteiger charge is -1.94. The summed E-state index contributed by atoms with van der Waals surface area (Å²) < 4.78 is 0. The van der Waals surface area contributed by atoms with Crippen molar-refractivity contribution in [1.82, 2.24) is 5.32 Å². The van der Waals surface area contributed by atoms with Crippen LogP contribution < -0.4 is 5.32 Å². The molecule has 0 aromatic carbocycles. The molecule has 0 saturated heterocycles. The van der Waals surface area contributed by atoms with E-state index in [4.69, 9.17) is 6.42 Å². The van der Waals surface area contributed by atoms with Gasteiger partial charge in [-0.05, 0) is 12.8 Å². The van der Waals surface area contributed by atoms with Crippen LogP contribution in [0.1, 0.15) is 19.3 Å². The van der Waals surface area contributed by atoms with E-state index >= 15 is 0 Å². The zero-order valence-corrected chi connectivity index (χ0v) is 6.21. The second kappa shape index (κ2) is 4.67. The molecule has 0 aromatic heterocycles. The van der Waals surface area contributed by atoms with Gasteiger partial charge in [-0.3, -0.25) is 0 Å². The highest BCUT2D eigenvalue weighted by atomic mass is 35.5. The zero-order chi connectivity index (χ0) is 5.82. The minimum atomic E-state index is 0. The number of terminal acetylenes is 1. The molecule has 9 heavy (non-hydrogen) atoms. The van der Waals surface area contributed by atoms with Gasteiger partial charge < -0.3 is 5.32 Å². The van der Waals surface area contributed by atoms with E-state index in [0.29, 0.717) is 0 Å². The maximum Gasteiger partial charge on any atom is 0.0211 e. The topological polar surface area (TPSA) is 12.0 Å². The SMILES string of the molecule is C#CCCNC1CC1.Cl. The maximum atomic E-state index is 5.05. The molecule has 0 aromatic rings.